The largest absolute Gasteiger partial charge is 0.490 e. The molecule has 11 heteroatoms. The van der Waals surface area contributed by atoms with Gasteiger partial charge in [0, 0.05) is 5.56 Å². The minimum absolute atomic E-state index is 0.145. The summed E-state index contributed by atoms with van der Waals surface area (Å²) in [6.07, 6.45) is 3.47. The maximum absolute atomic E-state index is 14.3. The first kappa shape index (κ1) is 32.2. The predicted molar refractivity (Wildman–Crippen MR) is 175 cm³/mol. The molecule has 0 saturated heterocycles. The minimum atomic E-state index is -0.879. The van der Waals surface area contributed by atoms with Crippen LogP contribution in [0.5, 0.6) is 17.2 Å². The van der Waals surface area contributed by atoms with Gasteiger partial charge < -0.3 is 23.7 Å². The molecule has 2 heterocycles. The number of carbonyl (C=O) groups excluding carboxylic acids is 2. The smallest absolute Gasteiger partial charge is 0.343 e. The van der Waals surface area contributed by atoms with Crippen molar-refractivity contribution in [1.82, 2.24) is 4.57 Å². The Balaban J connectivity index is 1.72. The van der Waals surface area contributed by atoms with Crippen molar-refractivity contribution in [1.29, 1.82) is 0 Å². The Hall–Kier alpha value is -5.16. The molecule has 3 aromatic carbocycles. The number of hydrogen-bond acceptors (Lipinski definition) is 10. The molecule has 1 aliphatic heterocycles. The summed E-state index contributed by atoms with van der Waals surface area (Å²) in [6, 6.07) is 15.9. The van der Waals surface area contributed by atoms with Crippen molar-refractivity contribution in [2.24, 2.45) is 4.99 Å². The Labute approximate surface area is 269 Å². The van der Waals surface area contributed by atoms with E-state index in [9.17, 15) is 14.4 Å². The number of nitrogens with zero attached hydrogens (tertiary/aromatic N) is 2. The van der Waals surface area contributed by atoms with E-state index in [4.69, 9.17) is 18.9 Å². The van der Waals surface area contributed by atoms with Crippen LogP contribution >= 0.6 is 11.3 Å². The zero-order valence-corrected chi connectivity index (χ0v) is 26.8. The number of ether oxygens (including phenoxy) is 5. The van der Waals surface area contributed by atoms with Gasteiger partial charge in [-0.15, -0.1) is 0 Å². The van der Waals surface area contributed by atoms with Crippen LogP contribution in [0.1, 0.15) is 37.9 Å². The number of methoxy groups -OCH3 is 1. The van der Waals surface area contributed by atoms with Crippen molar-refractivity contribution in [3.05, 3.63) is 109 Å². The summed E-state index contributed by atoms with van der Waals surface area (Å²) in [5.74, 6) is 0.119. The number of esters is 2. The molecule has 4 aromatic rings. The van der Waals surface area contributed by atoms with Gasteiger partial charge in [0.1, 0.15) is 12.4 Å². The monoisotopic (exact) mass is 642 g/mol. The van der Waals surface area contributed by atoms with Crippen LogP contribution < -0.4 is 29.1 Å². The van der Waals surface area contributed by atoms with E-state index in [1.807, 2.05) is 43.3 Å². The van der Waals surface area contributed by atoms with Gasteiger partial charge in [0.2, 0.25) is 0 Å². The topological polar surface area (TPSA) is 115 Å². The second-order valence-corrected chi connectivity index (χ2v) is 11.1. The zero-order valence-electron chi connectivity index (χ0n) is 26.0. The van der Waals surface area contributed by atoms with E-state index in [-0.39, 0.29) is 24.3 Å². The summed E-state index contributed by atoms with van der Waals surface area (Å²) < 4.78 is 29.5. The van der Waals surface area contributed by atoms with Crippen LogP contribution in [-0.2, 0) is 19.1 Å². The first-order valence-electron chi connectivity index (χ1n) is 14.7. The van der Waals surface area contributed by atoms with Crippen molar-refractivity contribution in [2.45, 2.75) is 26.8 Å². The fraction of sp³-hybridized carbons (Fsp3) is 0.257. The molecule has 1 aliphatic rings. The van der Waals surface area contributed by atoms with Crippen LogP contribution in [0.4, 0.5) is 0 Å². The van der Waals surface area contributed by atoms with Gasteiger partial charge >= 0.3 is 11.9 Å². The van der Waals surface area contributed by atoms with Crippen molar-refractivity contribution in [3.8, 4) is 17.2 Å². The third-order valence-corrected chi connectivity index (χ3v) is 8.22. The Kier molecular flexibility index (Phi) is 10.0. The number of allylic oxidation sites excluding steroid dienone is 1. The van der Waals surface area contributed by atoms with Crippen LogP contribution in [0.25, 0.3) is 16.8 Å². The van der Waals surface area contributed by atoms with Gasteiger partial charge in [-0.3, -0.25) is 9.36 Å². The number of benzene rings is 3. The molecule has 0 amide bonds. The highest BCUT2D eigenvalue weighted by atomic mass is 32.1. The fourth-order valence-corrected chi connectivity index (χ4v) is 6.24. The van der Waals surface area contributed by atoms with E-state index in [2.05, 4.69) is 16.3 Å². The molecular weight excluding hydrogens is 608 g/mol. The summed E-state index contributed by atoms with van der Waals surface area (Å²) in [7, 11) is 1.27. The summed E-state index contributed by atoms with van der Waals surface area (Å²) in [5.41, 5.74) is 1.63. The van der Waals surface area contributed by atoms with Gasteiger partial charge in [0.15, 0.2) is 22.9 Å². The van der Waals surface area contributed by atoms with E-state index in [1.165, 1.54) is 23.0 Å². The van der Waals surface area contributed by atoms with Crippen LogP contribution in [0.3, 0.4) is 0 Å². The van der Waals surface area contributed by atoms with Crippen LogP contribution in [0.15, 0.2) is 88.3 Å². The molecule has 1 aromatic heterocycles. The van der Waals surface area contributed by atoms with Crippen LogP contribution in [0.2, 0.25) is 0 Å². The maximum Gasteiger partial charge on any atom is 0.343 e. The predicted octanol–water partition coefficient (Wildman–Crippen LogP) is 4.47. The van der Waals surface area contributed by atoms with Crippen molar-refractivity contribution < 1.29 is 33.3 Å². The number of aromatic nitrogens is 1. The van der Waals surface area contributed by atoms with Crippen LogP contribution in [0, 0.1) is 0 Å². The quantitative estimate of drug-likeness (QED) is 0.164. The van der Waals surface area contributed by atoms with E-state index < -0.39 is 18.0 Å². The SMILES string of the molecule is C=CCOc1ccc2ccccc2c1/C=c1/sc2n(c1=O)[C@H](c1ccc(OCC(=O)OC)c(OCC)c1)C(C(=O)OCC)=C(C)N=2. The fourth-order valence-electron chi connectivity index (χ4n) is 5.21. The van der Waals surface area contributed by atoms with Gasteiger partial charge in [-0.25, -0.2) is 14.6 Å². The number of hydrogen-bond donors (Lipinski definition) is 0. The Morgan fingerprint density at radius 3 is 2.52 bits per heavy atom. The molecule has 0 N–H and O–H groups in total. The lowest BCUT2D eigenvalue weighted by molar-refractivity contribution is -0.143. The third kappa shape index (κ3) is 6.45. The molecule has 238 valence electrons. The molecule has 0 spiro atoms. The van der Waals surface area contributed by atoms with Crippen molar-refractivity contribution in [2.75, 3.05) is 33.5 Å². The highest BCUT2D eigenvalue weighted by molar-refractivity contribution is 7.07. The van der Waals surface area contributed by atoms with Gasteiger partial charge in [-0.2, -0.15) is 0 Å². The molecule has 0 bridgehead atoms. The molecule has 5 rings (SSSR count). The summed E-state index contributed by atoms with van der Waals surface area (Å²) in [6.45, 7) is 9.44. The molecule has 0 saturated carbocycles. The highest BCUT2D eigenvalue weighted by Gasteiger charge is 2.34. The van der Waals surface area contributed by atoms with Gasteiger partial charge in [-0.1, -0.05) is 60.4 Å². The van der Waals surface area contributed by atoms with Crippen molar-refractivity contribution in [3.63, 3.8) is 0 Å². The number of fused-ring (bicyclic) bond motifs is 2. The Morgan fingerprint density at radius 1 is 1.00 bits per heavy atom. The van der Waals surface area contributed by atoms with Crippen LogP contribution in [-0.4, -0.2) is 50.0 Å². The lowest BCUT2D eigenvalue weighted by atomic mass is 9.95. The Bertz CT molecular complexity index is 2020. The third-order valence-electron chi connectivity index (χ3n) is 7.24. The lowest BCUT2D eigenvalue weighted by Gasteiger charge is -2.25. The van der Waals surface area contributed by atoms with E-state index >= 15 is 0 Å². The summed E-state index contributed by atoms with van der Waals surface area (Å²) in [4.78, 5) is 44.6. The first-order chi connectivity index (χ1) is 22.3. The maximum atomic E-state index is 14.3. The van der Waals surface area contributed by atoms with Gasteiger partial charge in [0.25, 0.3) is 5.56 Å². The molecular formula is C35H34N2O8S. The van der Waals surface area contributed by atoms with Crippen molar-refractivity contribution >= 4 is 40.1 Å². The van der Waals surface area contributed by atoms with Gasteiger partial charge in [-0.05, 0) is 61.4 Å². The number of rotatable bonds is 12. The Morgan fingerprint density at radius 2 is 1.78 bits per heavy atom. The molecule has 0 fully saturated rings. The summed E-state index contributed by atoms with van der Waals surface area (Å²) in [5, 5.41) is 1.91. The minimum Gasteiger partial charge on any atom is -0.490 e. The normalized spacial score (nSPS) is 14.3. The molecule has 46 heavy (non-hydrogen) atoms. The average molecular weight is 643 g/mol. The number of thiazole rings is 1. The van der Waals surface area contributed by atoms with Gasteiger partial charge in [0.05, 0.1) is 42.2 Å². The lowest BCUT2D eigenvalue weighted by Crippen LogP contribution is -2.40. The average Bonchev–Trinajstić information content (AvgIpc) is 3.36. The van der Waals surface area contributed by atoms with E-state index in [1.54, 1.807) is 44.2 Å². The molecule has 0 radical (unpaired) electrons. The second kappa shape index (κ2) is 14.3. The highest BCUT2D eigenvalue weighted by Crippen LogP contribution is 2.36. The zero-order chi connectivity index (χ0) is 32.8. The standard InChI is InChI=1S/C35H34N2O8S/c1-6-17-44-26-15-13-22-11-9-10-12-24(22)25(26)19-29-33(39)37-32(31(34(40)43-8-3)21(4)36-35(37)46-29)23-14-16-27(28(18-23)42-7-2)45-20-30(38)41-5/h6,9-16,18-19,32H,1,7-8,17,20H2,2-5H3/b29-19+/t32-/m1/s1. The van der Waals surface area contributed by atoms with E-state index in [0.29, 0.717) is 51.1 Å². The number of carbonyl (C=O) groups is 2. The molecule has 0 aliphatic carbocycles. The summed E-state index contributed by atoms with van der Waals surface area (Å²) >= 11 is 1.22. The second-order valence-electron chi connectivity index (χ2n) is 10.1. The first-order valence-corrected chi connectivity index (χ1v) is 15.5. The van der Waals surface area contributed by atoms with E-state index in [0.717, 1.165) is 16.3 Å². The molecule has 1 atom stereocenters. The molecule has 0 unspecified atom stereocenters. The molecule has 10 nitrogen and oxygen atoms in total.